The quantitative estimate of drug-likeness (QED) is 0.651. The fraction of sp³-hybridized carbons (Fsp3) is 0.385. The number of nitrogens with zero attached hydrogens (tertiary/aromatic N) is 2. The highest BCUT2D eigenvalue weighted by Crippen LogP contribution is 2.54. The molecule has 1 aromatic rings. The molecule has 7 nitrogen and oxygen atoms in total. The van der Waals surface area contributed by atoms with Crippen molar-refractivity contribution < 1.29 is 4.74 Å². The summed E-state index contributed by atoms with van der Waals surface area (Å²) in [6.45, 7) is 2.04. The average molecular weight is 306 g/mol. The van der Waals surface area contributed by atoms with Crippen molar-refractivity contribution in [2.45, 2.75) is 24.2 Å². The van der Waals surface area contributed by atoms with E-state index in [-0.39, 0.29) is 10.9 Å². The van der Waals surface area contributed by atoms with E-state index >= 15 is 0 Å². The second-order valence-electron chi connectivity index (χ2n) is 5.11. The van der Waals surface area contributed by atoms with Gasteiger partial charge in [-0.1, -0.05) is 0 Å². The molecule has 0 saturated carbocycles. The molecule has 0 bridgehead atoms. The van der Waals surface area contributed by atoms with E-state index in [9.17, 15) is 0 Å². The number of hydrogen-bond donors (Lipinski definition) is 4. The van der Waals surface area contributed by atoms with Crippen LogP contribution in [0.4, 0.5) is 0 Å². The fourth-order valence-corrected chi connectivity index (χ4v) is 3.99. The van der Waals surface area contributed by atoms with Gasteiger partial charge in [0.15, 0.2) is 5.96 Å². The van der Waals surface area contributed by atoms with E-state index in [1.165, 1.54) is 0 Å². The number of aliphatic imine (C=N–C) groups is 1. The smallest absolute Gasteiger partial charge is 0.199 e. The van der Waals surface area contributed by atoms with E-state index in [2.05, 4.69) is 26.6 Å². The molecule has 2 unspecified atom stereocenters. The summed E-state index contributed by atoms with van der Waals surface area (Å²) in [6, 6.07) is 1.96. The molecular formula is C13H18N6OS. The summed E-state index contributed by atoms with van der Waals surface area (Å²) >= 11 is 1.64. The highest BCUT2D eigenvalue weighted by molar-refractivity contribution is 8.04. The van der Waals surface area contributed by atoms with Crippen LogP contribution in [-0.2, 0) is 9.48 Å². The largest absolute Gasteiger partial charge is 0.383 e. The summed E-state index contributed by atoms with van der Waals surface area (Å²) in [5, 5.41) is 10.2. The number of aromatic amines is 1. The zero-order valence-corrected chi connectivity index (χ0v) is 12.7. The van der Waals surface area contributed by atoms with E-state index < -0.39 is 0 Å². The van der Waals surface area contributed by atoms with Gasteiger partial charge in [0, 0.05) is 13.3 Å². The normalized spacial score (nSPS) is 26.0. The van der Waals surface area contributed by atoms with Crippen molar-refractivity contribution in [2.24, 2.45) is 16.5 Å². The van der Waals surface area contributed by atoms with Gasteiger partial charge in [0.25, 0.3) is 0 Å². The van der Waals surface area contributed by atoms with Crippen molar-refractivity contribution in [3.8, 4) is 0 Å². The molecule has 0 saturated heterocycles. The number of aromatic nitrogens is 2. The number of H-pyrrole nitrogens is 1. The lowest BCUT2D eigenvalue weighted by Gasteiger charge is -2.27. The topological polar surface area (TPSA) is 114 Å². The van der Waals surface area contributed by atoms with Gasteiger partial charge in [-0.3, -0.25) is 5.10 Å². The van der Waals surface area contributed by atoms with Crippen LogP contribution in [0.3, 0.4) is 0 Å². The number of methoxy groups -OCH3 is 1. The second kappa shape index (κ2) is 5.12. The molecule has 0 amide bonds. The van der Waals surface area contributed by atoms with Gasteiger partial charge in [-0.25, -0.2) is 0 Å². The molecule has 0 fully saturated rings. The second-order valence-corrected chi connectivity index (χ2v) is 6.45. The zero-order chi connectivity index (χ0) is 15.0. The molecule has 6 N–H and O–H groups in total. The molecule has 21 heavy (non-hydrogen) atoms. The van der Waals surface area contributed by atoms with E-state index in [0.29, 0.717) is 11.8 Å². The summed E-state index contributed by atoms with van der Waals surface area (Å²) in [6.07, 6.45) is 4.71. The fourth-order valence-electron chi connectivity index (χ4n) is 2.54. The first-order chi connectivity index (χ1) is 10.0. The SMILES string of the molecule is COC(C)CC1(c2ccn[nH]2)C=C2NC(N)=NC(N)=C2S1. The van der Waals surface area contributed by atoms with Crippen LogP contribution in [-0.4, -0.2) is 29.4 Å². The highest BCUT2D eigenvalue weighted by atomic mass is 32.2. The summed E-state index contributed by atoms with van der Waals surface area (Å²) < 4.78 is 5.11. The van der Waals surface area contributed by atoms with Gasteiger partial charge < -0.3 is 21.5 Å². The first kappa shape index (κ1) is 14.0. The summed E-state index contributed by atoms with van der Waals surface area (Å²) in [7, 11) is 1.71. The minimum absolute atomic E-state index is 0.0814. The van der Waals surface area contributed by atoms with Crippen LogP contribution in [0.2, 0.25) is 0 Å². The Morgan fingerprint density at radius 1 is 1.48 bits per heavy atom. The van der Waals surface area contributed by atoms with Gasteiger partial charge in [-0.2, -0.15) is 10.1 Å². The molecule has 8 heteroatoms. The van der Waals surface area contributed by atoms with Gasteiger partial charge in [0.2, 0.25) is 0 Å². The number of hydrogen-bond acceptors (Lipinski definition) is 7. The Bertz CT molecular complexity index is 635. The van der Waals surface area contributed by atoms with Gasteiger partial charge in [-0.05, 0) is 25.5 Å². The van der Waals surface area contributed by atoms with Crippen LogP contribution in [0.15, 0.2) is 39.8 Å². The zero-order valence-electron chi connectivity index (χ0n) is 11.9. The Hall–Kier alpha value is -1.93. The molecule has 1 aromatic heterocycles. The van der Waals surface area contributed by atoms with Gasteiger partial charge in [-0.15, -0.1) is 11.8 Å². The molecule has 3 heterocycles. The molecule has 2 atom stereocenters. The van der Waals surface area contributed by atoms with Crippen LogP contribution in [0, 0.1) is 0 Å². The molecule has 0 spiro atoms. The third-order valence-electron chi connectivity index (χ3n) is 3.59. The number of ether oxygens (including phenoxy) is 1. The highest BCUT2D eigenvalue weighted by Gasteiger charge is 2.43. The van der Waals surface area contributed by atoms with Crippen LogP contribution in [0.1, 0.15) is 19.0 Å². The van der Waals surface area contributed by atoms with E-state index in [4.69, 9.17) is 16.2 Å². The number of nitrogens with two attached hydrogens (primary N) is 2. The Kier molecular flexibility index (Phi) is 3.42. The molecule has 2 aliphatic heterocycles. The first-order valence-electron chi connectivity index (χ1n) is 6.60. The number of guanidine groups is 1. The molecular weight excluding hydrogens is 288 g/mol. The van der Waals surface area contributed by atoms with Gasteiger partial charge in [0.1, 0.15) is 5.82 Å². The van der Waals surface area contributed by atoms with E-state index in [1.54, 1.807) is 25.1 Å². The Balaban J connectivity index is 2.03. The lowest BCUT2D eigenvalue weighted by atomic mass is 9.96. The van der Waals surface area contributed by atoms with Crippen molar-refractivity contribution in [2.75, 3.05) is 7.11 Å². The maximum absolute atomic E-state index is 6.00. The Morgan fingerprint density at radius 2 is 2.29 bits per heavy atom. The Labute approximate surface area is 126 Å². The van der Waals surface area contributed by atoms with Crippen LogP contribution >= 0.6 is 11.8 Å². The molecule has 2 aliphatic rings. The van der Waals surface area contributed by atoms with Crippen molar-refractivity contribution >= 4 is 17.7 Å². The molecule has 112 valence electrons. The first-order valence-corrected chi connectivity index (χ1v) is 7.41. The molecule has 3 rings (SSSR count). The van der Waals surface area contributed by atoms with Crippen LogP contribution < -0.4 is 16.8 Å². The predicted octanol–water partition coefficient (Wildman–Crippen LogP) is 0.706. The Morgan fingerprint density at radius 3 is 2.95 bits per heavy atom. The predicted molar refractivity (Wildman–Crippen MR) is 83.0 cm³/mol. The van der Waals surface area contributed by atoms with Crippen LogP contribution in [0.5, 0.6) is 0 Å². The number of thioether (sulfide) groups is 1. The standard InChI is InChI=1S/C13H18N6OS/c1-7(20-2)5-13(9-3-4-16-19-9)6-8-10(21-13)11(14)18-12(15)17-8/h3-4,6-7H,5,14H2,1-2H3,(H,16,19)(H3,15,17,18). The summed E-state index contributed by atoms with van der Waals surface area (Å²) in [4.78, 5) is 5.00. The van der Waals surface area contributed by atoms with E-state index in [1.807, 2.05) is 13.0 Å². The lowest BCUT2D eigenvalue weighted by Crippen LogP contribution is -2.34. The lowest BCUT2D eigenvalue weighted by molar-refractivity contribution is 0.104. The van der Waals surface area contributed by atoms with E-state index in [0.717, 1.165) is 22.7 Å². The molecule has 0 aromatic carbocycles. The van der Waals surface area contributed by atoms with Gasteiger partial charge >= 0.3 is 0 Å². The summed E-state index contributed by atoms with van der Waals surface area (Å²) in [5.41, 5.74) is 13.6. The maximum Gasteiger partial charge on any atom is 0.199 e. The van der Waals surface area contributed by atoms with Crippen molar-refractivity contribution in [3.63, 3.8) is 0 Å². The third kappa shape index (κ3) is 2.40. The van der Waals surface area contributed by atoms with Crippen molar-refractivity contribution in [3.05, 3.63) is 40.5 Å². The molecule has 0 radical (unpaired) electrons. The monoisotopic (exact) mass is 306 g/mol. The number of nitrogens with one attached hydrogen (secondary N) is 2. The number of fused-ring (bicyclic) bond motifs is 1. The summed E-state index contributed by atoms with van der Waals surface area (Å²) in [5.74, 6) is 0.747. The minimum Gasteiger partial charge on any atom is -0.383 e. The van der Waals surface area contributed by atoms with Crippen molar-refractivity contribution in [1.82, 2.24) is 15.5 Å². The van der Waals surface area contributed by atoms with Crippen LogP contribution in [0.25, 0.3) is 0 Å². The average Bonchev–Trinajstić information content (AvgIpc) is 3.06. The minimum atomic E-state index is -0.325. The van der Waals surface area contributed by atoms with Gasteiger partial charge in [0.05, 0.1) is 27.1 Å². The third-order valence-corrected chi connectivity index (χ3v) is 5.09. The number of rotatable bonds is 4. The van der Waals surface area contributed by atoms with Crippen molar-refractivity contribution in [1.29, 1.82) is 0 Å². The molecule has 0 aliphatic carbocycles. The maximum atomic E-state index is 6.00.